The van der Waals surface area contributed by atoms with Gasteiger partial charge in [-0.2, -0.15) is 5.26 Å². The van der Waals surface area contributed by atoms with Crippen LogP contribution in [0.5, 0.6) is 11.5 Å². The third-order valence-electron chi connectivity index (χ3n) is 3.61. The number of hydrogen-bond donors (Lipinski definition) is 0. The van der Waals surface area contributed by atoms with Crippen LogP contribution in [0.25, 0.3) is 0 Å². The Kier molecular flexibility index (Phi) is 8.93. The van der Waals surface area contributed by atoms with E-state index in [-0.39, 0.29) is 25.0 Å². The van der Waals surface area contributed by atoms with E-state index in [0.29, 0.717) is 34.7 Å². The molecule has 0 heterocycles. The first-order chi connectivity index (χ1) is 12.4. The van der Waals surface area contributed by atoms with E-state index in [2.05, 4.69) is 20.7 Å². The molecule has 7 nitrogen and oxygen atoms in total. The lowest BCUT2D eigenvalue weighted by atomic mass is 10.1. The number of likely N-dealkylation sites (N-methyl/N-ethyl adjacent to an activating group) is 1. The molecule has 142 valence electrons. The van der Waals surface area contributed by atoms with Crippen LogP contribution in [0.2, 0.25) is 0 Å². The molecule has 0 saturated carbocycles. The molecular weight excluding hydrogens is 404 g/mol. The fourth-order valence-electron chi connectivity index (χ4n) is 2.27. The first-order valence-electron chi connectivity index (χ1n) is 8.22. The van der Waals surface area contributed by atoms with Crippen molar-refractivity contribution >= 4 is 27.8 Å². The normalized spacial score (nSPS) is 11.2. The van der Waals surface area contributed by atoms with Crippen LogP contribution >= 0.6 is 15.9 Å². The number of amides is 1. The van der Waals surface area contributed by atoms with Crippen LogP contribution in [0.1, 0.15) is 26.3 Å². The number of nitriles is 1. The van der Waals surface area contributed by atoms with Gasteiger partial charge < -0.3 is 19.1 Å². The Balaban J connectivity index is 2.85. The zero-order valence-corrected chi connectivity index (χ0v) is 17.0. The van der Waals surface area contributed by atoms with Gasteiger partial charge in [0.15, 0.2) is 18.1 Å². The van der Waals surface area contributed by atoms with Crippen LogP contribution in [0.15, 0.2) is 16.6 Å². The highest BCUT2D eigenvalue weighted by Crippen LogP contribution is 2.36. The van der Waals surface area contributed by atoms with Gasteiger partial charge in [0.25, 0.3) is 5.91 Å². The van der Waals surface area contributed by atoms with Crippen molar-refractivity contribution in [3.63, 3.8) is 0 Å². The Morgan fingerprint density at radius 1 is 1.31 bits per heavy atom. The highest BCUT2D eigenvalue weighted by Gasteiger charge is 2.22. The second kappa shape index (κ2) is 10.7. The predicted octanol–water partition coefficient (Wildman–Crippen LogP) is 2.76. The smallest absolute Gasteiger partial charge is 0.310 e. The second-order valence-corrected chi connectivity index (χ2v) is 6.33. The molecule has 0 aromatic heterocycles. The van der Waals surface area contributed by atoms with Crippen LogP contribution < -0.4 is 9.47 Å². The molecule has 0 aliphatic heterocycles. The number of ether oxygens (including phenoxy) is 3. The van der Waals surface area contributed by atoms with E-state index >= 15 is 0 Å². The summed E-state index contributed by atoms with van der Waals surface area (Å²) in [6.45, 7) is 6.21. The average molecular weight is 427 g/mol. The third kappa shape index (κ3) is 5.92. The third-order valence-corrected chi connectivity index (χ3v) is 4.20. The molecule has 1 atom stereocenters. The molecule has 26 heavy (non-hydrogen) atoms. The van der Waals surface area contributed by atoms with Crippen molar-refractivity contribution in [1.82, 2.24) is 4.90 Å². The Morgan fingerprint density at radius 3 is 2.54 bits per heavy atom. The number of carbonyl (C=O) groups is 2. The average Bonchev–Trinajstić information content (AvgIpc) is 2.64. The summed E-state index contributed by atoms with van der Waals surface area (Å²) in [5.41, 5.74) is 0.418. The fourth-order valence-corrected chi connectivity index (χ4v) is 2.83. The van der Waals surface area contributed by atoms with Crippen molar-refractivity contribution in [1.29, 1.82) is 5.26 Å². The van der Waals surface area contributed by atoms with Crippen LogP contribution in [0.4, 0.5) is 0 Å². The van der Waals surface area contributed by atoms with Crippen molar-refractivity contribution in [3.05, 3.63) is 22.2 Å². The zero-order chi connectivity index (χ0) is 19.7. The van der Waals surface area contributed by atoms with Gasteiger partial charge in [-0.3, -0.25) is 9.59 Å². The van der Waals surface area contributed by atoms with Crippen LogP contribution in [0, 0.1) is 17.2 Å². The molecule has 0 saturated heterocycles. The van der Waals surface area contributed by atoms with Crippen molar-refractivity contribution in [3.8, 4) is 17.6 Å². The summed E-state index contributed by atoms with van der Waals surface area (Å²) in [4.78, 5) is 25.5. The molecular formula is C18H23BrN2O5. The first kappa shape index (κ1) is 21.8. The summed E-state index contributed by atoms with van der Waals surface area (Å²) in [7, 11) is 1.32. The fraction of sp³-hybridized carbons (Fsp3) is 0.500. The topological polar surface area (TPSA) is 88.9 Å². The molecule has 8 heteroatoms. The second-order valence-electron chi connectivity index (χ2n) is 5.48. The number of benzene rings is 1. The van der Waals surface area contributed by atoms with Crippen LogP contribution in [-0.2, 0) is 14.3 Å². The quantitative estimate of drug-likeness (QED) is 0.563. The van der Waals surface area contributed by atoms with E-state index in [9.17, 15) is 9.59 Å². The Bertz CT molecular complexity index is 687. The molecule has 0 aliphatic rings. The summed E-state index contributed by atoms with van der Waals surface area (Å²) in [6, 6.07) is 5.20. The molecule has 0 spiro atoms. The Hall–Kier alpha value is -2.27. The van der Waals surface area contributed by atoms with E-state index in [0.717, 1.165) is 0 Å². The molecule has 1 aromatic carbocycles. The number of esters is 1. The van der Waals surface area contributed by atoms with Gasteiger partial charge in [-0.25, -0.2) is 0 Å². The molecule has 1 unspecified atom stereocenters. The van der Waals surface area contributed by atoms with Gasteiger partial charge >= 0.3 is 5.97 Å². The number of rotatable bonds is 9. The van der Waals surface area contributed by atoms with E-state index in [1.54, 1.807) is 19.1 Å². The Labute approximate surface area is 161 Å². The van der Waals surface area contributed by atoms with Crippen molar-refractivity contribution in [2.24, 2.45) is 5.92 Å². The molecule has 0 aliphatic carbocycles. The van der Waals surface area contributed by atoms with Gasteiger partial charge in [0, 0.05) is 19.2 Å². The zero-order valence-electron chi connectivity index (χ0n) is 15.4. The largest absolute Gasteiger partial charge is 0.490 e. The van der Waals surface area contributed by atoms with E-state index in [1.165, 1.54) is 12.0 Å². The van der Waals surface area contributed by atoms with Gasteiger partial charge in [-0.1, -0.05) is 6.92 Å². The molecule has 1 amide bonds. The van der Waals surface area contributed by atoms with E-state index in [4.69, 9.17) is 14.7 Å². The number of nitrogens with zero attached hydrogens (tertiary/aromatic N) is 2. The maximum Gasteiger partial charge on any atom is 0.310 e. The van der Waals surface area contributed by atoms with Crippen LogP contribution in [0.3, 0.4) is 0 Å². The minimum Gasteiger partial charge on any atom is -0.490 e. The summed E-state index contributed by atoms with van der Waals surface area (Å²) in [6.07, 6.45) is 0. The predicted molar refractivity (Wildman–Crippen MR) is 99.0 cm³/mol. The number of carbonyl (C=O) groups excluding carboxylic acids is 2. The minimum atomic E-state index is -0.426. The number of hydrogen-bond acceptors (Lipinski definition) is 6. The molecule has 1 rings (SSSR count). The standard InChI is InChI=1S/C18H23BrN2O5/c1-5-21(10-12(3)18(23)24-4)16(22)11-26-17-14(19)7-13(9-20)8-15(17)25-6-2/h7-8,12H,5-6,10-11H2,1-4H3. The Morgan fingerprint density at radius 2 is 2.00 bits per heavy atom. The summed E-state index contributed by atoms with van der Waals surface area (Å²) in [5.74, 6) is -0.314. The first-order valence-corrected chi connectivity index (χ1v) is 9.01. The van der Waals surface area contributed by atoms with Gasteiger partial charge in [0.05, 0.1) is 35.7 Å². The highest BCUT2D eigenvalue weighted by molar-refractivity contribution is 9.10. The van der Waals surface area contributed by atoms with Crippen molar-refractivity contribution < 1.29 is 23.8 Å². The summed E-state index contributed by atoms with van der Waals surface area (Å²) >= 11 is 3.34. The van der Waals surface area contributed by atoms with Gasteiger partial charge in [-0.15, -0.1) is 0 Å². The molecule has 0 N–H and O–H groups in total. The van der Waals surface area contributed by atoms with Crippen LogP contribution in [-0.4, -0.2) is 50.2 Å². The van der Waals surface area contributed by atoms with E-state index in [1.807, 2.05) is 19.9 Å². The lowest BCUT2D eigenvalue weighted by Crippen LogP contribution is -2.39. The molecule has 1 aromatic rings. The minimum absolute atomic E-state index is 0.216. The molecule has 0 fully saturated rings. The molecule has 0 bridgehead atoms. The number of methoxy groups -OCH3 is 1. The van der Waals surface area contributed by atoms with Crippen molar-refractivity contribution in [2.75, 3.05) is 33.4 Å². The maximum atomic E-state index is 12.4. The maximum absolute atomic E-state index is 12.4. The molecule has 0 radical (unpaired) electrons. The monoisotopic (exact) mass is 426 g/mol. The van der Waals surface area contributed by atoms with Gasteiger partial charge in [0.2, 0.25) is 0 Å². The van der Waals surface area contributed by atoms with Gasteiger partial charge in [0.1, 0.15) is 0 Å². The highest BCUT2D eigenvalue weighted by atomic mass is 79.9. The lowest BCUT2D eigenvalue weighted by molar-refractivity contribution is -0.146. The SMILES string of the molecule is CCOc1cc(C#N)cc(Br)c1OCC(=O)N(CC)CC(C)C(=O)OC. The van der Waals surface area contributed by atoms with E-state index < -0.39 is 5.92 Å². The number of halogens is 1. The van der Waals surface area contributed by atoms with Gasteiger partial charge in [-0.05, 0) is 35.8 Å². The summed E-state index contributed by atoms with van der Waals surface area (Å²) < 4.78 is 16.4. The lowest BCUT2D eigenvalue weighted by Gasteiger charge is -2.24. The van der Waals surface area contributed by atoms with Crippen molar-refractivity contribution in [2.45, 2.75) is 20.8 Å². The summed E-state index contributed by atoms with van der Waals surface area (Å²) in [5, 5.41) is 9.05.